The molecule has 1 aromatic carbocycles. The Morgan fingerprint density at radius 1 is 1.24 bits per heavy atom. The summed E-state index contributed by atoms with van der Waals surface area (Å²) in [5.41, 5.74) is 1.31. The minimum Gasteiger partial charge on any atom is -0.493 e. The molecule has 0 saturated carbocycles. The molecule has 2 unspecified atom stereocenters. The van der Waals surface area contributed by atoms with Crippen LogP contribution in [0, 0.1) is 0 Å². The van der Waals surface area contributed by atoms with Crippen LogP contribution >= 0.6 is 0 Å². The van der Waals surface area contributed by atoms with Gasteiger partial charge in [0, 0.05) is 12.6 Å². The lowest BCUT2D eigenvalue weighted by Gasteiger charge is -2.24. The Bertz CT molecular complexity index is 451. The molecule has 1 aromatic rings. The highest BCUT2D eigenvalue weighted by Crippen LogP contribution is 2.31. The highest BCUT2D eigenvalue weighted by atomic mass is 16.5. The van der Waals surface area contributed by atoms with Crippen molar-refractivity contribution in [1.29, 1.82) is 0 Å². The van der Waals surface area contributed by atoms with Crippen molar-refractivity contribution in [3.8, 4) is 11.5 Å². The van der Waals surface area contributed by atoms with Crippen LogP contribution in [-0.2, 0) is 11.2 Å². The Labute approximate surface area is 126 Å². The van der Waals surface area contributed by atoms with Gasteiger partial charge in [0.15, 0.2) is 11.5 Å². The first-order valence-electron chi connectivity index (χ1n) is 8.00. The Morgan fingerprint density at radius 3 is 2.90 bits per heavy atom. The fraction of sp³-hybridized carbons (Fsp3) is 0.647. The number of hydrogen-bond donors (Lipinski definition) is 1. The molecule has 4 heteroatoms. The molecule has 2 atom stereocenters. The molecule has 3 rings (SSSR count). The van der Waals surface area contributed by atoms with E-state index < -0.39 is 0 Å². The SMILES string of the molecule is COc1ccc(CC2CCCN2)cc1OC1CCCOC1. The molecule has 0 radical (unpaired) electrons. The third-order valence-electron chi connectivity index (χ3n) is 4.28. The van der Waals surface area contributed by atoms with Crippen molar-refractivity contribution in [2.24, 2.45) is 0 Å². The van der Waals surface area contributed by atoms with E-state index in [9.17, 15) is 0 Å². The molecule has 2 aliphatic heterocycles. The fourth-order valence-corrected chi connectivity index (χ4v) is 3.14. The smallest absolute Gasteiger partial charge is 0.161 e. The van der Waals surface area contributed by atoms with Crippen molar-refractivity contribution in [2.75, 3.05) is 26.9 Å². The second-order valence-electron chi connectivity index (χ2n) is 5.94. The molecular weight excluding hydrogens is 266 g/mol. The lowest BCUT2D eigenvalue weighted by molar-refractivity contribution is 0.00641. The number of rotatable bonds is 5. The quantitative estimate of drug-likeness (QED) is 0.905. The van der Waals surface area contributed by atoms with E-state index in [2.05, 4.69) is 17.4 Å². The van der Waals surface area contributed by atoms with E-state index in [-0.39, 0.29) is 6.10 Å². The minimum atomic E-state index is 0.146. The van der Waals surface area contributed by atoms with Crippen molar-refractivity contribution in [3.63, 3.8) is 0 Å². The third-order valence-corrected chi connectivity index (χ3v) is 4.28. The molecule has 2 fully saturated rings. The van der Waals surface area contributed by atoms with Crippen LogP contribution in [0.2, 0.25) is 0 Å². The van der Waals surface area contributed by atoms with Crippen molar-refractivity contribution in [2.45, 2.75) is 44.2 Å². The van der Waals surface area contributed by atoms with Gasteiger partial charge in [-0.2, -0.15) is 0 Å². The van der Waals surface area contributed by atoms with Gasteiger partial charge in [0.2, 0.25) is 0 Å². The standard InChI is InChI=1S/C17H25NO3/c1-19-16-7-6-13(10-14-4-2-8-18-14)11-17(16)21-15-5-3-9-20-12-15/h6-7,11,14-15,18H,2-5,8-10,12H2,1H3. The van der Waals surface area contributed by atoms with Crippen LogP contribution in [0.5, 0.6) is 11.5 Å². The number of benzene rings is 1. The van der Waals surface area contributed by atoms with Crippen LogP contribution in [0.3, 0.4) is 0 Å². The van der Waals surface area contributed by atoms with Crippen LogP contribution in [0.25, 0.3) is 0 Å². The lowest BCUT2D eigenvalue weighted by atomic mass is 10.0. The summed E-state index contributed by atoms with van der Waals surface area (Å²) in [5, 5.41) is 3.54. The van der Waals surface area contributed by atoms with E-state index in [1.54, 1.807) is 7.11 Å². The maximum atomic E-state index is 6.11. The lowest BCUT2D eigenvalue weighted by Crippen LogP contribution is -2.28. The molecule has 0 aliphatic carbocycles. The zero-order valence-electron chi connectivity index (χ0n) is 12.8. The highest BCUT2D eigenvalue weighted by molar-refractivity contribution is 5.43. The summed E-state index contributed by atoms with van der Waals surface area (Å²) in [6.07, 6.45) is 5.87. The van der Waals surface area contributed by atoms with Crippen molar-refractivity contribution in [1.82, 2.24) is 5.32 Å². The molecule has 2 aliphatic rings. The normalized spacial score (nSPS) is 25.8. The third kappa shape index (κ3) is 3.89. The van der Waals surface area contributed by atoms with Crippen LogP contribution < -0.4 is 14.8 Å². The summed E-state index contributed by atoms with van der Waals surface area (Å²) >= 11 is 0. The van der Waals surface area contributed by atoms with Crippen molar-refractivity contribution in [3.05, 3.63) is 23.8 Å². The van der Waals surface area contributed by atoms with Crippen molar-refractivity contribution < 1.29 is 14.2 Å². The van der Waals surface area contributed by atoms with E-state index >= 15 is 0 Å². The maximum absolute atomic E-state index is 6.11. The topological polar surface area (TPSA) is 39.7 Å². The van der Waals surface area contributed by atoms with Crippen LogP contribution in [0.4, 0.5) is 0 Å². The molecule has 21 heavy (non-hydrogen) atoms. The Hall–Kier alpha value is -1.26. The first-order valence-corrected chi connectivity index (χ1v) is 8.00. The number of nitrogens with one attached hydrogen (secondary N) is 1. The minimum absolute atomic E-state index is 0.146. The fourth-order valence-electron chi connectivity index (χ4n) is 3.14. The van der Waals surface area contributed by atoms with Gasteiger partial charge in [-0.3, -0.25) is 0 Å². The van der Waals surface area contributed by atoms with Gasteiger partial charge >= 0.3 is 0 Å². The van der Waals surface area contributed by atoms with E-state index in [0.717, 1.165) is 43.9 Å². The molecule has 1 N–H and O–H groups in total. The second-order valence-corrected chi connectivity index (χ2v) is 5.94. The first kappa shape index (κ1) is 14.7. The zero-order chi connectivity index (χ0) is 14.5. The van der Waals surface area contributed by atoms with E-state index in [0.29, 0.717) is 12.6 Å². The summed E-state index contributed by atoms with van der Waals surface area (Å²) < 4.78 is 17.0. The Kier molecular flexibility index (Phi) is 4.99. The van der Waals surface area contributed by atoms with E-state index in [1.807, 2.05) is 6.07 Å². The molecular formula is C17H25NO3. The Morgan fingerprint density at radius 2 is 2.19 bits per heavy atom. The average molecular weight is 291 g/mol. The van der Waals surface area contributed by atoms with Crippen LogP contribution in [-0.4, -0.2) is 39.0 Å². The molecule has 4 nitrogen and oxygen atoms in total. The van der Waals surface area contributed by atoms with Gasteiger partial charge in [-0.05, 0) is 56.3 Å². The van der Waals surface area contributed by atoms with Gasteiger partial charge in [0.05, 0.1) is 13.7 Å². The highest BCUT2D eigenvalue weighted by Gasteiger charge is 2.19. The van der Waals surface area contributed by atoms with E-state index in [4.69, 9.17) is 14.2 Å². The van der Waals surface area contributed by atoms with Gasteiger partial charge < -0.3 is 19.5 Å². The van der Waals surface area contributed by atoms with Crippen LogP contribution in [0.1, 0.15) is 31.2 Å². The number of methoxy groups -OCH3 is 1. The molecule has 0 bridgehead atoms. The van der Waals surface area contributed by atoms with Gasteiger partial charge in [0.1, 0.15) is 6.10 Å². The van der Waals surface area contributed by atoms with Crippen molar-refractivity contribution >= 4 is 0 Å². The molecule has 0 amide bonds. The van der Waals surface area contributed by atoms with Gasteiger partial charge in [0.25, 0.3) is 0 Å². The molecule has 0 aromatic heterocycles. The Balaban J connectivity index is 1.69. The monoisotopic (exact) mass is 291 g/mol. The zero-order valence-corrected chi connectivity index (χ0v) is 12.8. The number of hydrogen-bond acceptors (Lipinski definition) is 4. The van der Waals surface area contributed by atoms with Crippen LogP contribution in [0.15, 0.2) is 18.2 Å². The maximum Gasteiger partial charge on any atom is 0.161 e. The average Bonchev–Trinajstić information content (AvgIpc) is 3.02. The molecule has 116 valence electrons. The van der Waals surface area contributed by atoms with Gasteiger partial charge in [-0.1, -0.05) is 6.07 Å². The summed E-state index contributed by atoms with van der Waals surface area (Å²) in [4.78, 5) is 0. The summed E-state index contributed by atoms with van der Waals surface area (Å²) in [6, 6.07) is 6.89. The first-order chi connectivity index (χ1) is 10.3. The summed E-state index contributed by atoms with van der Waals surface area (Å²) in [7, 11) is 1.69. The molecule has 2 heterocycles. The second kappa shape index (κ2) is 7.14. The molecule has 2 saturated heterocycles. The largest absolute Gasteiger partial charge is 0.493 e. The predicted octanol–water partition coefficient (Wildman–Crippen LogP) is 2.55. The summed E-state index contributed by atoms with van der Waals surface area (Å²) in [6.45, 7) is 2.67. The predicted molar refractivity (Wildman–Crippen MR) is 82.2 cm³/mol. The molecule has 0 spiro atoms. The summed E-state index contributed by atoms with van der Waals surface area (Å²) in [5.74, 6) is 1.66. The van der Waals surface area contributed by atoms with Gasteiger partial charge in [-0.25, -0.2) is 0 Å². The van der Waals surface area contributed by atoms with Gasteiger partial charge in [-0.15, -0.1) is 0 Å². The van der Waals surface area contributed by atoms with E-state index in [1.165, 1.54) is 18.4 Å². The number of ether oxygens (including phenoxy) is 3.